The molecule has 2 aromatic rings. The highest BCUT2D eigenvalue weighted by Crippen LogP contribution is 2.26. The Balaban J connectivity index is 2.28. The largest absolute Gasteiger partial charge is 0.349 e. The van der Waals surface area contributed by atoms with Crippen molar-refractivity contribution in [2.24, 2.45) is 0 Å². The van der Waals surface area contributed by atoms with Crippen LogP contribution in [0.4, 0.5) is 11.5 Å². The number of halogens is 1. The molecule has 0 unspecified atom stereocenters. The predicted octanol–water partition coefficient (Wildman–Crippen LogP) is 2.98. The lowest BCUT2D eigenvalue weighted by Crippen LogP contribution is -2.19. The average molecular weight is 293 g/mol. The molecule has 20 heavy (non-hydrogen) atoms. The zero-order valence-corrected chi connectivity index (χ0v) is 11.8. The minimum atomic E-state index is -0.517. The lowest BCUT2D eigenvalue weighted by Gasteiger charge is -2.18. The summed E-state index contributed by atoms with van der Waals surface area (Å²) in [4.78, 5) is 19.7. The highest BCUT2D eigenvalue weighted by atomic mass is 35.5. The molecule has 0 aliphatic heterocycles. The Morgan fingerprint density at radius 2 is 2.00 bits per heavy atom. The van der Waals surface area contributed by atoms with Crippen LogP contribution in [-0.4, -0.2) is 21.9 Å². The van der Waals surface area contributed by atoms with Gasteiger partial charge in [0.15, 0.2) is 0 Å². The van der Waals surface area contributed by atoms with Crippen molar-refractivity contribution in [2.75, 3.05) is 11.9 Å². The minimum absolute atomic E-state index is 0.0126. The normalized spacial score (nSPS) is 10.3. The van der Waals surface area contributed by atoms with Gasteiger partial charge in [0.2, 0.25) is 11.1 Å². The van der Waals surface area contributed by atoms with Gasteiger partial charge in [0.1, 0.15) is 6.20 Å². The number of nitrogens with zero attached hydrogens (tertiary/aromatic N) is 4. The Morgan fingerprint density at radius 1 is 1.35 bits per heavy atom. The van der Waals surface area contributed by atoms with Gasteiger partial charge in [0.05, 0.1) is 4.92 Å². The van der Waals surface area contributed by atoms with Crippen LogP contribution in [0.15, 0.2) is 30.5 Å². The van der Waals surface area contributed by atoms with Gasteiger partial charge in [0, 0.05) is 13.6 Å². The second-order valence-corrected chi connectivity index (χ2v) is 4.78. The van der Waals surface area contributed by atoms with Gasteiger partial charge in [-0.3, -0.25) is 10.1 Å². The number of rotatable bonds is 4. The monoisotopic (exact) mass is 292 g/mol. The Kier molecular flexibility index (Phi) is 4.14. The molecule has 7 heteroatoms. The van der Waals surface area contributed by atoms with Gasteiger partial charge in [0.25, 0.3) is 0 Å². The first-order valence-electron chi connectivity index (χ1n) is 5.91. The summed E-state index contributed by atoms with van der Waals surface area (Å²) >= 11 is 5.72. The number of benzene rings is 1. The van der Waals surface area contributed by atoms with Gasteiger partial charge in [-0.15, -0.1) is 0 Å². The Morgan fingerprint density at radius 3 is 2.60 bits per heavy atom. The molecule has 0 amide bonds. The molecule has 0 aliphatic rings. The second-order valence-electron chi connectivity index (χ2n) is 4.45. The molecule has 104 valence electrons. The molecule has 0 bridgehead atoms. The zero-order valence-electron chi connectivity index (χ0n) is 11.1. The van der Waals surface area contributed by atoms with Crippen LogP contribution in [0.2, 0.25) is 5.28 Å². The summed E-state index contributed by atoms with van der Waals surface area (Å²) in [5.74, 6) is 0.204. The van der Waals surface area contributed by atoms with Gasteiger partial charge >= 0.3 is 5.69 Å². The van der Waals surface area contributed by atoms with Crippen molar-refractivity contribution in [2.45, 2.75) is 13.5 Å². The van der Waals surface area contributed by atoms with Gasteiger partial charge < -0.3 is 4.90 Å². The maximum atomic E-state index is 11.0. The van der Waals surface area contributed by atoms with Crippen LogP contribution in [0.1, 0.15) is 11.1 Å². The summed E-state index contributed by atoms with van der Waals surface area (Å²) in [6.45, 7) is 2.50. The van der Waals surface area contributed by atoms with Gasteiger partial charge in [-0.2, -0.15) is 4.98 Å². The number of nitro groups is 1. The zero-order chi connectivity index (χ0) is 14.7. The molecule has 0 aliphatic carbocycles. The number of hydrogen-bond acceptors (Lipinski definition) is 5. The Hall–Kier alpha value is -2.21. The lowest BCUT2D eigenvalue weighted by atomic mass is 10.1. The van der Waals surface area contributed by atoms with Crippen LogP contribution >= 0.6 is 11.6 Å². The van der Waals surface area contributed by atoms with E-state index >= 15 is 0 Å². The molecule has 0 atom stereocenters. The van der Waals surface area contributed by atoms with E-state index in [1.54, 1.807) is 11.9 Å². The van der Waals surface area contributed by atoms with Crippen LogP contribution in [-0.2, 0) is 6.54 Å². The van der Waals surface area contributed by atoms with Crippen molar-refractivity contribution >= 4 is 23.1 Å². The third kappa shape index (κ3) is 3.21. The molecule has 1 heterocycles. The van der Waals surface area contributed by atoms with E-state index in [4.69, 9.17) is 11.6 Å². The molecule has 0 saturated carbocycles. The molecule has 0 saturated heterocycles. The van der Waals surface area contributed by atoms with E-state index in [0.29, 0.717) is 6.54 Å². The van der Waals surface area contributed by atoms with Crippen LogP contribution in [0.3, 0.4) is 0 Å². The fraction of sp³-hybridized carbons (Fsp3) is 0.231. The summed E-state index contributed by atoms with van der Waals surface area (Å²) in [5.41, 5.74) is 2.03. The first-order valence-corrected chi connectivity index (χ1v) is 6.29. The Bertz CT molecular complexity index is 631. The molecule has 1 aromatic carbocycles. The van der Waals surface area contributed by atoms with E-state index in [1.165, 1.54) is 0 Å². The number of aryl methyl sites for hydroxylation is 1. The van der Waals surface area contributed by atoms with Crippen molar-refractivity contribution in [3.63, 3.8) is 0 Å². The molecular weight excluding hydrogens is 280 g/mol. The van der Waals surface area contributed by atoms with Gasteiger partial charge in [-0.05, 0) is 24.1 Å². The van der Waals surface area contributed by atoms with E-state index in [2.05, 4.69) is 9.97 Å². The predicted molar refractivity (Wildman–Crippen MR) is 77.0 cm³/mol. The van der Waals surface area contributed by atoms with Crippen molar-refractivity contribution in [1.82, 2.24) is 9.97 Å². The van der Waals surface area contributed by atoms with Crippen LogP contribution in [0.5, 0.6) is 0 Å². The average Bonchev–Trinajstić information content (AvgIpc) is 2.41. The molecule has 0 spiro atoms. The lowest BCUT2D eigenvalue weighted by molar-refractivity contribution is -0.384. The molecule has 0 fully saturated rings. The van der Waals surface area contributed by atoms with Crippen LogP contribution in [0, 0.1) is 17.0 Å². The summed E-state index contributed by atoms with van der Waals surface area (Å²) in [6.07, 6.45) is 1.12. The van der Waals surface area contributed by atoms with E-state index < -0.39 is 4.92 Å². The fourth-order valence-corrected chi connectivity index (χ4v) is 1.93. The quantitative estimate of drug-likeness (QED) is 0.492. The van der Waals surface area contributed by atoms with Crippen LogP contribution in [0.25, 0.3) is 0 Å². The maximum absolute atomic E-state index is 11.0. The smallest absolute Gasteiger partial charge is 0.329 e. The molecule has 0 N–H and O–H groups in total. The topological polar surface area (TPSA) is 72.2 Å². The number of hydrogen-bond donors (Lipinski definition) is 0. The first-order chi connectivity index (χ1) is 9.47. The SMILES string of the molecule is Cc1ccc(CN(C)c2nc(Cl)ncc2[N+](=O)[O-])cc1. The van der Waals surface area contributed by atoms with E-state index in [1.807, 2.05) is 31.2 Å². The van der Waals surface area contributed by atoms with Crippen LogP contribution < -0.4 is 4.90 Å². The Labute approximate surface area is 121 Å². The third-order valence-corrected chi connectivity index (χ3v) is 3.00. The van der Waals surface area contributed by atoms with Crippen molar-refractivity contribution in [3.05, 3.63) is 57.0 Å². The highest BCUT2D eigenvalue weighted by molar-refractivity contribution is 6.28. The van der Waals surface area contributed by atoms with Crippen molar-refractivity contribution < 1.29 is 4.92 Å². The van der Waals surface area contributed by atoms with Crippen molar-refractivity contribution in [3.8, 4) is 0 Å². The molecule has 2 rings (SSSR count). The second kappa shape index (κ2) is 5.83. The summed E-state index contributed by atoms with van der Waals surface area (Å²) < 4.78 is 0. The van der Waals surface area contributed by atoms with Crippen molar-refractivity contribution in [1.29, 1.82) is 0 Å². The van der Waals surface area contributed by atoms with Gasteiger partial charge in [-0.25, -0.2) is 4.98 Å². The minimum Gasteiger partial charge on any atom is -0.349 e. The summed E-state index contributed by atoms with van der Waals surface area (Å²) in [6, 6.07) is 7.93. The number of aromatic nitrogens is 2. The summed E-state index contributed by atoms with van der Waals surface area (Å²) in [5, 5.41) is 11.0. The van der Waals surface area contributed by atoms with E-state index in [0.717, 1.165) is 17.3 Å². The molecule has 6 nitrogen and oxygen atoms in total. The summed E-state index contributed by atoms with van der Waals surface area (Å²) in [7, 11) is 1.73. The maximum Gasteiger partial charge on any atom is 0.329 e. The highest BCUT2D eigenvalue weighted by Gasteiger charge is 2.20. The molecular formula is C13H13ClN4O2. The standard InChI is InChI=1S/C13H13ClN4O2/c1-9-3-5-10(6-4-9)8-17(2)12-11(18(19)20)7-15-13(14)16-12/h3-7H,8H2,1-2H3. The first kappa shape index (κ1) is 14.2. The molecule has 0 radical (unpaired) electrons. The van der Waals surface area contributed by atoms with E-state index in [9.17, 15) is 10.1 Å². The number of anilines is 1. The van der Waals surface area contributed by atoms with Gasteiger partial charge in [-0.1, -0.05) is 29.8 Å². The molecule has 1 aromatic heterocycles. The van der Waals surface area contributed by atoms with E-state index in [-0.39, 0.29) is 16.8 Å². The fourth-order valence-electron chi connectivity index (χ4n) is 1.80. The third-order valence-electron chi connectivity index (χ3n) is 2.82.